The van der Waals surface area contributed by atoms with Gasteiger partial charge in [0.1, 0.15) is 11.6 Å². The number of amides is 1. The van der Waals surface area contributed by atoms with Crippen molar-refractivity contribution in [1.82, 2.24) is 5.32 Å². The molecule has 4 rings (SSSR count). The van der Waals surface area contributed by atoms with Crippen LogP contribution in [0.2, 0.25) is 0 Å². The largest absolute Gasteiger partial charge is 0.389 e. The molecule has 142 valence electrons. The number of halogens is 2. The van der Waals surface area contributed by atoms with Gasteiger partial charge in [-0.1, -0.05) is 30.7 Å². The molecule has 2 atom stereocenters. The minimum absolute atomic E-state index is 0.182. The Balaban J connectivity index is 1.89. The highest BCUT2D eigenvalue weighted by molar-refractivity contribution is 6.09. The van der Waals surface area contributed by atoms with Gasteiger partial charge in [0, 0.05) is 6.54 Å². The number of benzene rings is 2. The van der Waals surface area contributed by atoms with Crippen LogP contribution in [0.15, 0.2) is 42.5 Å². The molecule has 6 heteroatoms. The Morgan fingerprint density at radius 2 is 1.96 bits per heavy atom. The molecule has 2 aliphatic rings. The van der Waals surface area contributed by atoms with Gasteiger partial charge in [0.15, 0.2) is 0 Å². The topological polar surface area (TPSA) is 52.6 Å². The highest BCUT2D eigenvalue weighted by Gasteiger charge is 2.57. The van der Waals surface area contributed by atoms with E-state index in [1.807, 2.05) is 0 Å². The van der Waals surface area contributed by atoms with Crippen molar-refractivity contribution >= 4 is 11.6 Å². The predicted molar refractivity (Wildman–Crippen MR) is 98.5 cm³/mol. The van der Waals surface area contributed by atoms with Crippen LogP contribution in [0.25, 0.3) is 0 Å². The zero-order chi connectivity index (χ0) is 19.2. The Kier molecular flexibility index (Phi) is 4.48. The molecule has 0 aromatic heterocycles. The van der Waals surface area contributed by atoms with Crippen molar-refractivity contribution in [1.29, 1.82) is 0 Å². The van der Waals surface area contributed by atoms with E-state index in [-0.39, 0.29) is 18.1 Å². The van der Waals surface area contributed by atoms with Crippen molar-refractivity contribution in [2.24, 2.45) is 0 Å². The van der Waals surface area contributed by atoms with Crippen molar-refractivity contribution in [2.45, 2.75) is 36.8 Å². The van der Waals surface area contributed by atoms with Gasteiger partial charge in [-0.3, -0.25) is 9.69 Å². The first-order valence-corrected chi connectivity index (χ1v) is 9.20. The second kappa shape index (κ2) is 6.69. The maximum atomic E-state index is 14.9. The number of aliphatic hydroxyl groups is 1. The molecule has 27 heavy (non-hydrogen) atoms. The summed E-state index contributed by atoms with van der Waals surface area (Å²) in [6, 6.07) is 9.65. The standard InChI is InChI=1S/C21H22F2N2O2/c1-24-12-17(26)18(13-5-2-6-14(22)11-13)25-19-15(7-3-8-16(19)23)21(20(25)27)9-4-10-21/h2-3,5-8,11,17-18,24,26H,4,9-10,12H2,1H3. The fourth-order valence-corrected chi connectivity index (χ4v) is 4.43. The van der Waals surface area contributed by atoms with Crippen molar-refractivity contribution in [3.63, 3.8) is 0 Å². The zero-order valence-corrected chi connectivity index (χ0v) is 15.1. The monoisotopic (exact) mass is 372 g/mol. The lowest BCUT2D eigenvalue weighted by molar-refractivity contribution is -0.127. The molecular weight excluding hydrogens is 350 g/mol. The van der Waals surface area contributed by atoms with E-state index < -0.39 is 29.2 Å². The van der Waals surface area contributed by atoms with Gasteiger partial charge in [0.05, 0.1) is 23.2 Å². The quantitative estimate of drug-likeness (QED) is 0.848. The van der Waals surface area contributed by atoms with E-state index in [1.54, 1.807) is 25.2 Å². The van der Waals surface area contributed by atoms with E-state index in [0.29, 0.717) is 24.0 Å². The number of rotatable bonds is 5. The summed E-state index contributed by atoms with van der Waals surface area (Å²) in [5.74, 6) is -1.17. The molecule has 0 saturated heterocycles. The first-order valence-electron chi connectivity index (χ1n) is 9.20. The number of anilines is 1. The fraction of sp³-hybridized carbons (Fsp3) is 0.381. The molecule has 2 unspecified atom stereocenters. The lowest BCUT2D eigenvalue weighted by Gasteiger charge is -2.39. The zero-order valence-electron chi connectivity index (χ0n) is 15.1. The van der Waals surface area contributed by atoms with Gasteiger partial charge in [-0.2, -0.15) is 0 Å². The van der Waals surface area contributed by atoms with Gasteiger partial charge >= 0.3 is 0 Å². The summed E-state index contributed by atoms with van der Waals surface area (Å²) < 4.78 is 28.7. The summed E-state index contributed by atoms with van der Waals surface area (Å²) in [4.78, 5) is 14.8. The highest BCUT2D eigenvalue weighted by atomic mass is 19.1. The third kappa shape index (κ3) is 2.66. The fourth-order valence-electron chi connectivity index (χ4n) is 4.43. The van der Waals surface area contributed by atoms with Crippen LogP contribution in [0.3, 0.4) is 0 Å². The molecule has 2 aromatic rings. The second-order valence-electron chi connectivity index (χ2n) is 7.37. The Morgan fingerprint density at radius 3 is 2.59 bits per heavy atom. The summed E-state index contributed by atoms with van der Waals surface area (Å²) in [5, 5.41) is 13.7. The molecule has 1 aliphatic carbocycles. The summed E-state index contributed by atoms with van der Waals surface area (Å²) in [6.07, 6.45) is 1.20. The SMILES string of the molecule is CNCC(O)C(c1cccc(F)c1)N1C(=O)C2(CCC2)c2cccc(F)c21. The number of carbonyl (C=O) groups is 1. The van der Waals surface area contributed by atoms with Gasteiger partial charge in [-0.25, -0.2) is 8.78 Å². The maximum absolute atomic E-state index is 14.9. The number of likely N-dealkylation sites (N-methyl/N-ethyl adjacent to an activating group) is 1. The van der Waals surface area contributed by atoms with Crippen LogP contribution in [0, 0.1) is 11.6 Å². The van der Waals surface area contributed by atoms with Crippen molar-refractivity contribution in [3.05, 3.63) is 65.2 Å². The third-order valence-corrected chi connectivity index (χ3v) is 5.82. The molecule has 1 aliphatic heterocycles. The van der Waals surface area contributed by atoms with Gasteiger partial charge in [0.2, 0.25) is 5.91 Å². The van der Waals surface area contributed by atoms with Crippen LogP contribution in [0.5, 0.6) is 0 Å². The number of para-hydroxylation sites is 1. The van der Waals surface area contributed by atoms with Crippen LogP contribution in [-0.4, -0.2) is 30.7 Å². The molecule has 0 bridgehead atoms. The van der Waals surface area contributed by atoms with E-state index in [9.17, 15) is 18.7 Å². The molecule has 2 aromatic carbocycles. The van der Waals surface area contributed by atoms with Crippen LogP contribution in [0.4, 0.5) is 14.5 Å². The first kappa shape index (κ1) is 18.1. The smallest absolute Gasteiger partial charge is 0.238 e. The average Bonchev–Trinajstić information content (AvgIpc) is 2.86. The summed E-state index contributed by atoms with van der Waals surface area (Å²) in [6.45, 7) is 0.182. The number of hydrogen-bond acceptors (Lipinski definition) is 3. The van der Waals surface area contributed by atoms with Crippen LogP contribution in [-0.2, 0) is 10.2 Å². The predicted octanol–water partition coefficient (Wildman–Crippen LogP) is 3.05. The minimum Gasteiger partial charge on any atom is -0.389 e. The Bertz CT molecular complexity index is 882. The number of aliphatic hydroxyl groups excluding tert-OH is 1. The Labute approximate surface area is 156 Å². The Morgan fingerprint density at radius 1 is 1.22 bits per heavy atom. The second-order valence-corrected chi connectivity index (χ2v) is 7.37. The van der Waals surface area contributed by atoms with E-state index in [0.717, 1.165) is 6.42 Å². The normalized spacial score (nSPS) is 19.7. The third-order valence-electron chi connectivity index (χ3n) is 5.82. The van der Waals surface area contributed by atoms with E-state index in [4.69, 9.17) is 0 Å². The van der Waals surface area contributed by atoms with Crippen LogP contribution >= 0.6 is 0 Å². The van der Waals surface area contributed by atoms with Crippen molar-refractivity contribution in [2.75, 3.05) is 18.5 Å². The maximum Gasteiger partial charge on any atom is 0.238 e. The first-order chi connectivity index (χ1) is 13.0. The van der Waals surface area contributed by atoms with E-state index in [1.165, 1.54) is 29.2 Å². The number of hydrogen-bond donors (Lipinski definition) is 2. The van der Waals surface area contributed by atoms with Crippen LogP contribution < -0.4 is 10.2 Å². The van der Waals surface area contributed by atoms with Crippen molar-refractivity contribution in [3.8, 4) is 0 Å². The lowest BCUT2D eigenvalue weighted by Crippen LogP contribution is -2.49. The molecule has 1 spiro atoms. The van der Waals surface area contributed by atoms with Gasteiger partial charge < -0.3 is 10.4 Å². The van der Waals surface area contributed by atoms with Gasteiger partial charge in [-0.05, 0) is 49.2 Å². The number of nitrogens with one attached hydrogen (secondary N) is 1. The summed E-state index contributed by atoms with van der Waals surface area (Å²) in [7, 11) is 1.68. The average molecular weight is 372 g/mol. The molecular formula is C21H22F2N2O2. The van der Waals surface area contributed by atoms with E-state index in [2.05, 4.69) is 5.32 Å². The number of nitrogens with zero attached hydrogens (tertiary/aromatic N) is 1. The highest BCUT2D eigenvalue weighted by Crippen LogP contribution is 2.56. The minimum atomic E-state index is -1.02. The van der Waals surface area contributed by atoms with Gasteiger partial charge in [0.25, 0.3) is 0 Å². The van der Waals surface area contributed by atoms with Crippen molar-refractivity contribution < 1.29 is 18.7 Å². The molecule has 1 heterocycles. The molecule has 1 amide bonds. The lowest BCUT2D eigenvalue weighted by atomic mass is 9.65. The van der Waals surface area contributed by atoms with Gasteiger partial charge in [-0.15, -0.1) is 0 Å². The molecule has 2 N–H and O–H groups in total. The number of fused-ring (bicyclic) bond motifs is 2. The molecule has 1 fully saturated rings. The number of carbonyl (C=O) groups excluding carboxylic acids is 1. The van der Waals surface area contributed by atoms with E-state index >= 15 is 0 Å². The summed E-state index contributed by atoms with van der Waals surface area (Å²) in [5.41, 5.74) is 0.614. The molecule has 4 nitrogen and oxygen atoms in total. The summed E-state index contributed by atoms with van der Waals surface area (Å²) >= 11 is 0. The Hall–Kier alpha value is -2.31. The molecule has 1 saturated carbocycles. The van der Waals surface area contributed by atoms with Crippen LogP contribution in [0.1, 0.15) is 36.4 Å². The molecule has 0 radical (unpaired) electrons.